The van der Waals surface area contributed by atoms with E-state index in [-0.39, 0.29) is 16.8 Å². The Kier molecular flexibility index (Phi) is 1.69. The van der Waals surface area contributed by atoms with Crippen molar-refractivity contribution in [1.29, 1.82) is 0 Å². The third-order valence-electron chi connectivity index (χ3n) is 0.799. The summed E-state index contributed by atoms with van der Waals surface area (Å²) >= 11 is 0.219. The van der Waals surface area contributed by atoms with Crippen molar-refractivity contribution in [2.24, 2.45) is 5.10 Å². The average molecular weight is 146 g/mol. The highest BCUT2D eigenvalue weighted by atomic mass is 32.1. The topological polar surface area (TPSA) is 70.6 Å². The molecule has 0 amide bonds. The number of carbonyl (C=O) groups is 1. The summed E-state index contributed by atoms with van der Waals surface area (Å²) in [5.41, 5.74) is 2.40. The molecule has 1 atom stereocenters. The average Bonchev–Trinajstić information content (AvgIpc) is 2.34. The molecule has 9 heavy (non-hydrogen) atoms. The van der Waals surface area contributed by atoms with Crippen molar-refractivity contribution < 1.29 is 9.00 Å². The van der Waals surface area contributed by atoms with Gasteiger partial charge < -0.3 is 0 Å². The lowest BCUT2D eigenvalue weighted by atomic mass is 10.6. The fourth-order valence-corrected chi connectivity index (χ4v) is 0.698. The molecule has 0 aromatic heterocycles. The molecule has 0 aliphatic carbocycles. The Hall–Kier alpha value is -1.04. The Morgan fingerprint density at radius 2 is 2.56 bits per heavy atom. The highest BCUT2D eigenvalue weighted by Crippen LogP contribution is 1.83. The van der Waals surface area contributed by atoms with E-state index < -0.39 is 6.17 Å². The number of rotatable bonds is 1. The van der Waals surface area contributed by atoms with E-state index in [2.05, 4.69) is 15.8 Å². The number of hydrogen-bond donors (Lipinski definition) is 2. The summed E-state index contributed by atoms with van der Waals surface area (Å²) in [6, 6.07) is 0. The minimum absolute atomic E-state index is 0.201. The molecule has 1 unspecified atom stereocenters. The molecule has 0 fully saturated rings. The number of nitrogens with zero attached hydrogens (tertiary/aromatic N) is 1. The van der Waals surface area contributed by atoms with Gasteiger partial charge in [-0.1, -0.05) is 5.10 Å². The van der Waals surface area contributed by atoms with Crippen LogP contribution in [0.3, 0.4) is 0 Å². The SMILES string of the molecule is O=CC1NN=C([S+]=O)N1. The number of carbonyl (C=O) groups excluding carboxylic acids is 1. The third-order valence-corrected chi connectivity index (χ3v) is 1.17. The number of hydrazone groups is 1. The summed E-state index contributed by atoms with van der Waals surface area (Å²) in [7, 11) is 0. The molecule has 0 bridgehead atoms. The predicted octanol–water partition coefficient (Wildman–Crippen LogP) is -1.60. The lowest BCUT2D eigenvalue weighted by molar-refractivity contribution is -0.109. The molecular formula is C3H4N3O2S+. The first-order valence-corrected chi connectivity index (χ1v) is 2.96. The van der Waals surface area contributed by atoms with Gasteiger partial charge in [0.1, 0.15) is 0 Å². The van der Waals surface area contributed by atoms with Crippen molar-refractivity contribution in [2.45, 2.75) is 6.17 Å². The highest BCUT2D eigenvalue weighted by molar-refractivity contribution is 7.83. The molecular weight excluding hydrogens is 142 g/mol. The van der Waals surface area contributed by atoms with Crippen LogP contribution in [0.1, 0.15) is 0 Å². The van der Waals surface area contributed by atoms with Crippen LogP contribution in [0.4, 0.5) is 0 Å². The molecule has 5 nitrogen and oxygen atoms in total. The Labute approximate surface area is 55.0 Å². The maximum absolute atomic E-state index is 9.96. The Morgan fingerprint density at radius 1 is 1.78 bits per heavy atom. The van der Waals surface area contributed by atoms with E-state index in [0.717, 1.165) is 0 Å². The molecule has 0 saturated carbocycles. The fraction of sp³-hybridized carbons (Fsp3) is 0.333. The zero-order chi connectivity index (χ0) is 6.69. The van der Waals surface area contributed by atoms with Gasteiger partial charge in [-0.2, -0.15) is 0 Å². The molecule has 0 radical (unpaired) electrons. The van der Waals surface area contributed by atoms with Crippen molar-refractivity contribution >= 4 is 23.1 Å². The molecule has 0 aromatic carbocycles. The van der Waals surface area contributed by atoms with Crippen LogP contribution in [0.15, 0.2) is 5.10 Å². The third kappa shape index (κ3) is 1.20. The van der Waals surface area contributed by atoms with Crippen LogP contribution in [-0.4, -0.2) is 17.6 Å². The fourth-order valence-electron chi connectivity index (χ4n) is 0.433. The summed E-state index contributed by atoms with van der Waals surface area (Å²) in [6.07, 6.45) is 0.105. The highest BCUT2D eigenvalue weighted by Gasteiger charge is 2.25. The van der Waals surface area contributed by atoms with Gasteiger partial charge in [0.15, 0.2) is 12.5 Å². The van der Waals surface area contributed by atoms with Crippen molar-refractivity contribution in [1.82, 2.24) is 10.7 Å². The summed E-state index contributed by atoms with van der Waals surface area (Å²) in [5.74, 6) is 0. The second kappa shape index (κ2) is 2.49. The molecule has 2 N–H and O–H groups in total. The first-order valence-electron chi connectivity index (χ1n) is 2.21. The van der Waals surface area contributed by atoms with Crippen molar-refractivity contribution in [3.63, 3.8) is 0 Å². The van der Waals surface area contributed by atoms with Gasteiger partial charge in [0.05, 0.1) is 0 Å². The first kappa shape index (κ1) is 6.09. The smallest absolute Gasteiger partial charge is 0.299 e. The first-order chi connectivity index (χ1) is 4.36. The monoisotopic (exact) mass is 146 g/mol. The van der Waals surface area contributed by atoms with Crippen LogP contribution in [0.2, 0.25) is 0 Å². The molecule has 1 aliphatic heterocycles. The lowest BCUT2D eigenvalue weighted by Gasteiger charge is -1.94. The molecule has 6 heteroatoms. The van der Waals surface area contributed by atoms with Crippen molar-refractivity contribution in [3.05, 3.63) is 0 Å². The van der Waals surface area contributed by atoms with Gasteiger partial charge in [-0.15, -0.1) is 0 Å². The van der Waals surface area contributed by atoms with Crippen LogP contribution in [0, 0.1) is 0 Å². The van der Waals surface area contributed by atoms with Gasteiger partial charge in [0.2, 0.25) is 0 Å². The normalized spacial score (nSPS) is 23.6. The summed E-state index contributed by atoms with van der Waals surface area (Å²) < 4.78 is 9.96. The van der Waals surface area contributed by atoms with E-state index in [1.165, 1.54) is 0 Å². The number of amidine groups is 1. The van der Waals surface area contributed by atoms with Crippen LogP contribution < -0.4 is 10.7 Å². The molecule has 0 saturated heterocycles. The van der Waals surface area contributed by atoms with E-state index in [4.69, 9.17) is 0 Å². The van der Waals surface area contributed by atoms with E-state index in [0.29, 0.717) is 6.29 Å². The predicted molar refractivity (Wildman–Crippen MR) is 31.6 cm³/mol. The van der Waals surface area contributed by atoms with Crippen molar-refractivity contribution in [2.75, 3.05) is 0 Å². The largest absolute Gasteiger partial charge is 0.549 e. The molecule has 1 rings (SSSR count). The molecule has 0 spiro atoms. The second-order valence-electron chi connectivity index (χ2n) is 1.39. The molecule has 1 aliphatic rings. The number of nitrogens with one attached hydrogen (secondary N) is 2. The second-order valence-corrected chi connectivity index (χ2v) is 1.94. The summed E-state index contributed by atoms with van der Waals surface area (Å²) in [6.45, 7) is 0. The Bertz CT molecular complexity index is 168. The van der Waals surface area contributed by atoms with Gasteiger partial charge in [0.25, 0.3) is 0 Å². The minimum Gasteiger partial charge on any atom is -0.299 e. The lowest BCUT2D eigenvalue weighted by Crippen LogP contribution is -2.35. The molecule has 0 aromatic rings. The van der Waals surface area contributed by atoms with Crippen LogP contribution in [0.5, 0.6) is 0 Å². The summed E-state index contributed by atoms with van der Waals surface area (Å²) in [4.78, 5) is 9.96. The molecule has 48 valence electrons. The standard InChI is InChI=1S/C3H4N3O2S/c7-1-2-4-3(9-8)6-5-2/h1-2,5H,(H,4,6)/q+1. The zero-order valence-electron chi connectivity index (χ0n) is 4.33. The van der Waals surface area contributed by atoms with E-state index in [9.17, 15) is 9.00 Å². The van der Waals surface area contributed by atoms with E-state index in [1.54, 1.807) is 0 Å². The van der Waals surface area contributed by atoms with Crippen LogP contribution in [-0.2, 0) is 20.7 Å². The van der Waals surface area contributed by atoms with Crippen LogP contribution in [0.25, 0.3) is 0 Å². The van der Waals surface area contributed by atoms with Gasteiger partial charge in [-0.05, 0) is 0 Å². The van der Waals surface area contributed by atoms with Gasteiger partial charge in [0, 0.05) is 4.21 Å². The van der Waals surface area contributed by atoms with Gasteiger partial charge in [-0.25, -0.2) is 0 Å². The van der Waals surface area contributed by atoms with E-state index >= 15 is 0 Å². The van der Waals surface area contributed by atoms with E-state index in [1.807, 2.05) is 0 Å². The molecule has 1 heterocycles. The van der Waals surface area contributed by atoms with Crippen molar-refractivity contribution in [3.8, 4) is 0 Å². The minimum atomic E-state index is -0.526. The maximum Gasteiger partial charge on any atom is 0.549 e. The Morgan fingerprint density at radius 3 is 2.89 bits per heavy atom. The van der Waals surface area contributed by atoms with Gasteiger partial charge in [-0.3, -0.25) is 15.5 Å². The van der Waals surface area contributed by atoms with Gasteiger partial charge >= 0.3 is 16.8 Å². The quantitative estimate of drug-likeness (QED) is 0.345. The zero-order valence-corrected chi connectivity index (χ0v) is 5.14. The Balaban J connectivity index is 2.48. The summed E-state index contributed by atoms with van der Waals surface area (Å²) in [5, 5.41) is 6.19. The maximum atomic E-state index is 9.96. The number of aldehydes is 1. The number of hydrogen-bond acceptors (Lipinski definition) is 5. The van der Waals surface area contributed by atoms with Crippen LogP contribution >= 0.6 is 0 Å².